The number of hydrogen-bond acceptors (Lipinski definition) is 5. The maximum atomic E-state index is 12.8. The van der Waals surface area contributed by atoms with Crippen molar-refractivity contribution >= 4 is 23.7 Å². The van der Waals surface area contributed by atoms with Gasteiger partial charge in [0.25, 0.3) is 0 Å². The van der Waals surface area contributed by atoms with Gasteiger partial charge in [-0.15, -0.1) is 0 Å². The van der Waals surface area contributed by atoms with Crippen molar-refractivity contribution < 1.29 is 19.1 Å². The third-order valence-corrected chi connectivity index (χ3v) is 4.76. The molecule has 0 heterocycles. The normalized spacial score (nSPS) is 11.8. The maximum absolute atomic E-state index is 12.8. The number of rotatable bonds is 13. The zero-order chi connectivity index (χ0) is 23.2. The molecule has 2 aromatic carbocycles. The van der Waals surface area contributed by atoms with E-state index in [9.17, 15) is 9.59 Å². The third-order valence-electron chi connectivity index (χ3n) is 4.76. The lowest BCUT2D eigenvalue weighted by Gasteiger charge is -2.10. The van der Waals surface area contributed by atoms with Gasteiger partial charge in [0, 0.05) is 4.91 Å². The minimum Gasteiger partial charge on any atom is -0.497 e. The Hall–Kier alpha value is -3.83. The van der Waals surface area contributed by atoms with Crippen LogP contribution in [0.25, 0.3) is 22.6 Å². The van der Waals surface area contributed by atoms with Crippen molar-refractivity contribution in [3.05, 3.63) is 82.3 Å². The zero-order valence-electron chi connectivity index (χ0n) is 18.3. The van der Waals surface area contributed by atoms with Crippen LogP contribution in [0.15, 0.2) is 65.8 Å². The summed E-state index contributed by atoms with van der Waals surface area (Å²) < 4.78 is 10.4. The zero-order valence-corrected chi connectivity index (χ0v) is 18.3. The average Bonchev–Trinajstić information content (AvgIpc) is 2.83. The van der Waals surface area contributed by atoms with Gasteiger partial charge in [0.15, 0.2) is 18.3 Å². The first kappa shape index (κ1) is 24.4. The van der Waals surface area contributed by atoms with Crippen LogP contribution in [-0.2, 0) is 9.59 Å². The molecule has 1 unspecified atom stereocenters. The van der Waals surface area contributed by atoms with E-state index in [-0.39, 0.29) is 18.3 Å². The molecule has 32 heavy (non-hydrogen) atoms. The van der Waals surface area contributed by atoms with Gasteiger partial charge >= 0.3 is 0 Å². The Morgan fingerprint density at radius 2 is 1.50 bits per heavy atom. The predicted octanol–water partition coefficient (Wildman–Crippen LogP) is 6.01. The SMILES string of the molecule is CCCCC(C(=O)/C=C/c1ccc(OC)cc1)C(=O)/C=C/c1ccc(OCN=[N+]=[N-])cc1. The molecule has 0 N–H and O–H groups in total. The summed E-state index contributed by atoms with van der Waals surface area (Å²) in [5.41, 5.74) is 9.92. The molecule has 1 atom stereocenters. The van der Waals surface area contributed by atoms with Gasteiger partial charge in [-0.25, -0.2) is 0 Å². The fourth-order valence-corrected chi connectivity index (χ4v) is 2.94. The molecule has 0 fully saturated rings. The van der Waals surface area contributed by atoms with E-state index in [0.717, 1.165) is 29.7 Å². The standard InChI is InChI=1S/C25H27N3O4/c1-3-4-5-23(24(29)16-10-19-6-12-21(31-2)13-7-19)25(30)17-11-20-8-14-22(15-9-20)32-18-27-28-26/h6-17,23H,3-5,18H2,1-2H3/b16-10+,17-11+. The van der Waals surface area contributed by atoms with Crippen LogP contribution in [0, 0.1) is 5.92 Å². The molecule has 0 saturated heterocycles. The second kappa shape index (κ2) is 13.5. The van der Waals surface area contributed by atoms with Crippen molar-refractivity contribution in [3.63, 3.8) is 0 Å². The van der Waals surface area contributed by atoms with Crippen molar-refractivity contribution in [1.29, 1.82) is 0 Å². The van der Waals surface area contributed by atoms with Crippen molar-refractivity contribution in [2.24, 2.45) is 11.0 Å². The van der Waals surface area contributed by atoms with E-state index in [1.807, 2.05) is 31.2 Å². The van der Waals surface area contributed by atoms with E-state index in [1.165, 1.54) is 12.2 Å². The van der Waals surface area contributed by atoms with Gasteiger partial charge in [-0.1, -0.05) is 61.3 Å². The fourth-order valence-electron chi connectivity index (χ4n) is 2.94. The first-order valence-electron chi connectivity index (χ1n) is 10.4. The van der Waals surface area contributed by atoms with Crippen LogP contribution in [0.5, 0.6) is 11.5 Å². The molecule has 0 aliphatic carbocycles. The lowest BCUT2D eigenvalue weighted by Crippen LogP contribution is -2.21. The molecule has 0 radical (unpaired) electrons. The summed E-state index contributed by atoms with van der Waals surface area (Å²) >= 11 is 0. The summed E-state index contributed by atoms with van der Waals surface area (Å²) in [5.74, 6) is 0.176. The first-order valence-corrected chi connectivity index (χ1v) is 10.4. The Bertz CT molecular complexity index is 989. The number of carbonyl (C=O) groups excluding carboxylic acids is 2. The van der Waals surface area contributed by atoms with Crippen molar-refractivity contribution in [2.45, 2.75) is 26.2 Å². The predicted molar refractivity (Wildman–Crippen MR) is 125 cm³/mol. The number of nitrogens with zero attached hydrogens (tertiary/aromatic N) is 3. The second-order valence-corrected chi connectivity index (χ2v) is 7.01. The molecule has 2 aromatic rings. The van der Waals surface area contributed by atoms with E-state index in [0.29, 0.717) is 12.2 Å². The minimum atomic E-state index is -0.702. The highest BCUT2D eigenvalue weighted by molar-refractivity contribution is 6.13. The van der Waals surface area contributed by atoms with Gasteiger partial charge in [0.2, 0.25) is 0 Å². The molecule has 7 nitrogen and oxygen atoms in total. The summed E-state index contributed by atoms with van der Waals surface area (Å²) in [6, 6.07) is 14.3. The number of unbranched alkanes of at least 4 members (excludes halogenated alkanes) is 1. The van der Waals surface area contributed by atoms with E-state index >= 15 is 0 Å². The molecular formula is C25H27N3O4. The lowest BCUT2D eigenvalue weighted by molar-refractivity contribution is -0.127. The third kappa shape index (κ3) is 8.13. The van der Waals surface area contributed by atoms with Crippen LogP contribution in [0.2, 0.25) is 0 Å². The molecule has 2 rings (SSSR count). The number of ether oxygens (including phenoxy) is 2. The molecule has 0 aliphatic heterocycles. The number of methoxy groups -OCH3 is 1. The number of benzene rings is 2. The summed E-state index contributed by atoms with van der Waals surface area (Å²) in [6.45, 7) is 1.94. The quantitative estimate of drug-likeness (QED) is 0.127. The minimum absolute atomic E-state index is 0.0879. The van der Waals surface area contributed by atoms with Crippen LogP contribution in [-0.4, -0.2) is 25.4 Å². The molecule has 0 aliphatic rings. The van der Waals surface area contributed by atoms with Gasteiger partial charge in [-0.05, 0) is 59.5 Å². The molecule has 166 valence electrons. The fraction of sp³-hybridized carbons (Fsp3) is 0.280. The Morgan fingerprint density at radius 1 is 0.969 bits per heavy atom. The molecule has 0 saturated carbocycles. The molecule has 0 bridgehead atoms. The smallest absolute Gasteiger partial charge is 0.167 e. The van der Waals surface area contributed by atoms with Gasteiger partial charge < -0.3 is 9.47 Å². The monoisotopic (exact) mass is 433 g/mol. The average molecular weight is 434 g/mol. The molecule has 0 amide bonds. The number of carbonyl (C=O) groups is 2. The topological polar surface area (TPSA) is 101 Å². The summed E-state index contributed by atoms with van der Waals surface area (Å²) in [7, 11) is 1.60. The van der Waals surface area contributed by atoms with Crippen molar-refractivity contribution in [2.75, 3.05) is 13.8 Å². The number of azide groups is 1. The number of ketones is 2. The van der Waals surface area contributed by atoms with Crippen LogP contribution in [0.4, 0.5) is 0 Å². The maximum Gasteiger partial charge on any atom is 0.167 e. The van der Waals surface area contributed by atoms with E-state index in [4.69, 9.17) is 15.0 Å². The van der Waals surface area contributed by atoms with E-state index < -0.39 is 5.92 Å². The largest absolute Gasteiger partial charge is 0.497 e. The summed E-state index contributed by atoms with van der Waals surface area (Å²) in [5, 5.41) is 3.31. The number of hydrogen-bond donors (Lipinski definition) is 0. The highest BCUT2D eigenvalue weighted by Crippen LogP contribution is 2.18. The summed E-state index contributed by atoms with van der Waals surface area (Å²) in [6.07, 6.45) is 8.53. The van der Waals surface area contributed by atoms with Crippen LogP contribution >= 0.6 is 0 Å². The van der Waals surface area contributed by atoms with Crippen molar-refractivity contribution in [1.82, 2.24) is 0 Å². The van der Waals surface area contributed by atoms with Gasteiger partial charge in [0.05, 0.1) is 13.0 Å². The Morgan fingerprint density at radius 3 is 1.97 bits per heavy atom. The Kier molecular flexibility index (Phi) is 10.3. The van der Waals surface area contributed by atoms with E-state index in [1.54, 1.807) is 43.5 Å². The van der Waals surface area contributed by atoms with Gasteiger partial charge in [-0.2, -0.15) is 0 Å². The van der Waals surface area contributed by atoms with Gasteiger partial charge in [0.1, 0.15) is 11.5 Å². The lowest BCUT2D eigenvalue weighted by atomic mass is 9.91. The highest BCUT2D eigenvalue weighted by atomic mass is 16.5. The van der Waals surface area contributed by atoms with Crippen LogP contribution < -0.4 is 9.47 Å². The Balaban J connectivity index is 2.04. The second-order valence-electron chi connectivity index (χ2n) is 7.01. The number of allylic oxidation sites excluding steroid dienone is 2. The van der Waals surface area contributed by atoms with Crippen molar-refractivity contribution in [3.8, 4) is 11.5 Å². The molecular weight excluding hydrogens is 406 g/mol. The Labute approximate surface area is 188 Å². The summed E-state index contributed by atoms with van der Waals surface area (Å²) in [4.78, 5) is 28.1. The first-order chi connectivity index (χ1) is 15.6. The molecule has 0 aromatic heterocycles. The van der Waals surface area contributed by atoms with Gasteiger partial charge in [-0.3, -0.25) is 9.59 Å². The molecule has 7 heteroatoms. The molecule has 0 spiro atoms. The highest BCUT2D eigenvalue weighted by Gasteiger charge is 2.22. The van der Waals surface area contributed by atoms with E-state index in [2.05, 4.69) is 10.0 Å². The van der Waals surface area contributed by atoms with Crippen LogP contribution in [0.1, 0.15) is 37.3 Å². The van der Waals surface area contributed by atoms with Crippen LogP contribution in [0.3, 0.4) is 0 Å².